The first kappa shape index (κ1) is 14.2. The lowest BCUT2D eigenvalue weighted by Crippen LogP contribution is -2.29. The SMILES string of the molecule is Cc1nn(C)c(C)c1CCCNC(C)CCN. The molecule has 1 aromatic heterocycles. The number of nitrogens with one attached hydrogen (secondary N) is 1. The van der Waals surface area contributed by atoms with E-state index < -0.39 is 0 Å². The van der Waals surface area contributed by atoms with Gasteiger partial charge in [-0.15, -0.1) is 0 Å². The highest BCUT2D eigenvalue weighted by Crippen LogP contribution is 2.13. The van der Waals surface area contributed by atoms with Gasteiger partial charge in [-0.1, -0.05) is 0 Å². The highest BCUT2D eigenvalue weighted by Gasteiger charge is 2.08. The fraction of sp³-hybridized carbons (Fsp3) is 0.769. The number of hydrogen-bond donors (Lipinski definition) is 2. The van der Waals surface area contributed by atoms with Crippen molar-refractivity contribution >= 4 is 0 Å². The van der Waals surface area contributed by atoms with Crippen molar-refractivity contribution in [3.8, 4) is 0 Å². The zero-order chi connectivity index (χ0) is 12.8. The third kappa shape index (κ3) is 4.13. The number of aromatic nitrogens is 2. The maximum absolute atomic E-state index is 5.52. The van der Waals surface area contributed by atoms with Crippen molar-refractivity contribution in [2.24, 2.45) is 12.8 Å². The molecule has 0 aliphatic heterocycles. The first-order valence-corrected chi connectivity index (χ1v) is 6.48. The molecule has 0 aliphatic rings. The molecule has 0 fully saturated rings. The molecule has 0 aromatic carbocycles. The van der Waals surface area contributed by atoms with Gasteiger partial charge in [0.15, 0.2) is 0 Å². The monoisotopic (exact) mass is 238 g/mol. The van der Waals surface area contributed by atoms with Crippen LogP contribution in [0.15, 0.2) is 0 Å². The van der Waals surface area contributed by atoms with Gasteiger partial charge in [0.2, 0.25) is 0 Å². The Bertz CT molecular complexity index is 343. The molecule has 0 saturated heterocycles. The Balaban J connectivity index is 2.31. The van der Waals surface area contributed by atoms with Crippen molar-refractivity contribution in [3.63, 3.8) is 0 Å². The minimum absolute atomic E-state index is 0.524. The van der Waals surface area contributed by atoms with Crippen LogP contribution in [0.5, 0.6) is 0 Å². The van der Waals surface area contributed by atoms with Crippen molar-refractivity contribution in [2.75, 3.05) is 13.1 Å². The number of nitrogens with zero attached hydrogens (tertiary/aromatic N) is 2. The third-order valence-corrected chi connectivity index (χ3v) is 3.35. The average molecular weight is 238 g/mol. The van der Waals surface area contributed by atoms with Gasteiger partial charge in [-0.3, -0.25) is 4.68 Å². The molecule has 1 aromatic rings. The first-order chi connectivity index (χ1) is 8.06. The predicted octanol–water partition coefficient (Wildman–Crippen LogP) is 1.30. The summed E-state index contributed by atoms with van der Waals surface area (Å²) in [6.45, 7) is 8.23. The predicted molar refractivity (Wildman–Crippen MR) is 72.1 cm³/mol. The highest BCUT2D eigenvalue weighted by molar-refractivity contribution is 5.24. The second-order valence-electron chi connectivity index (χ2n) is 4.81. The zero-order valence-corrected chi connectivity index (χ0v) is 11.6. The van der Waals surface area contributed by atoms with Gasteiger partial charge in [-0.2, -0.15) is 5.10 Å². The lowest BCUT2D eigenvalue weighted by molar-refractivity contribution is 0.511. The van der Waals surface area contributed by atoms with Crippen molar-refractivity contribution in [3.05, 3.63) is 17.0 Å². The van der Waals surface area contributed by atoms with E-state index in [4.69, 9.17) is 5.73 Å². The van der Waals surface area contributed by atoms with E-state index in [1.54, 1.807) is 0 Å². The van der Waals surface area contributed by atoms with Crippen LogP contribution < -0.4 is 11.1 Å². The standard InChI is InChI=1S/C13H26N4/c1-10(7-8-14)15-9-5-6-13-11(2)16-17(4)12(13)3/h10,15H,5-9,14H2,1-4H3. The summed E-state index contributed by atoms with van der Waals surface area (Å²) in [5.41, 5.74) is 9.38. The van der Waals surface area contributed by atoms with E-state index in [0.29, 0.717) is 6.04 Å². The van der Waals surface area contributed by atoms with Gasteiger partial charge < -0.3 is 11.1 Å². The normalized spacial score (nSPS) is 13.0. The smallest absolute Gasteiger partial charge is 0.0628 e. The van der Waals surface area contributed by atoms with Crippen molar-refractivity contribution in [2.45, 2.75) is 46.1 Å². The van der Waals surface area contributed by atoms with Crippen molar-refractivity contribution in [1.29, 1.82) is 0 Å². The van der Waals surface area contributed by atoms with Crippen LogP contribution in [0.4, 0.5) is 0 Å². The zero-order valence-electron chi connectivity index (χ0n) is 11.6. The second-order valence-corrected chi connectivity index (χ2v) is 4.81. The van der Waals surface area contributed by atoms with Gasteiger partial charge in [-0.25, -0.2) is 0 Å². The van der Waals surface area contributed by atoms with Crippen molar-refractivity contribution in [1.82, 2.24) is 15.1 Å². The maximum Gasteiger partial charge on any atom is 0.0628 e. The Kier molecular flexibility index (Phi) is 5.65. The topological polar surface area (TPSA) is 55.9 Å². The third-order valence-electron chi connectivity index (χ3n) is 3.35. The Hall–Kier alpha value is -0.870. The molecule has 4 nitrogen and oxygen atoms in total. The van der Waals surface area contributed by atoms with Crippen LogP contribution in [0.3, 0.4) is 0 Å². The van der Waals surface area contributed by atoms with Crippen LogP contribution in [0.1, 0.15) is 36.7 Å². The van der Waals surface area contributed by atoms with Gasteiger partial charge in [0.25, 0.3) is 0 Å². The minimum Gasteiger partial charge on any atom is -0.330 e. The fourth-order valence-electron chi connectivity index (χ4n) is 2.14. The summed E-state index contributed by atoms with van der Waals surface area (Å²) in [6.07, 6.45) is 3.31. The highest BCUT2D eigenvalue weighted by atomic mass is 15.3. The quantitative estimate of drug-likeness (QED) is 0.704. The fourth-order valence-corrected chi connectivity index (χ4v) is 2.14. The van der Waals surface area contributed by atoms with Gasteiger partial charge >= 0.3 is 0 Å². The van der Waals surface area contributed by atoms with Gasteiger partial charge in [0, 0.05) is 18.8 Å². The molecule has 98 valence electrons. The molecule has 1 atom stereocenters. The van der Waals surface area contributed by atoms with E-state index in [1.807, 2.05) is 11.7 Å². The number of rotatable bonds is 7. The van der Waals surface area contributed by atoms with E-state index in [2.05, 4.69) is 31.2 Å². The van der Waals surface area contributed by atoms with E-state index in [9.17, 15) is 0 Å². The minimum atomic E-state index is 0.524. The summed E-state index contributed by atoms with van der Waals surface area (Å²) in [7, 11) is 2.01. The lowest BCUT2D eigenvalue weighted by Gasteiger charge is -2.12. The van der Waals surface area contributed by atoms with E-state index >= 15 is 0 Å². The molecule has 1 rings (SSSR count). The Morgan fingerprint density at radius 3 is 2.65 bits per heavy atom. The number of aryl methyl sites for hydroxylation is 2. The summed E-state index contributed by atoms with van der Waals surface area (Å²) < 4.78 is 1.97. The molecule has 0 aliphatic carbocycles. The van der Waals surface area contributed by atoms with Crippen LogP contribution in [0, 0.1) is 13.8 Å². The van der Waals surface area contributed by atoms with Crippen LogP contribution in [-0.4, -0.2) is 28.9 Å². The molecular weight excluding hydrogens is 212 g/mol. The number of nitrogens with two attached hydrogens (primary N) is 1. The molecule has 0 saturated carbocycles. The molecule has 4 heteroatoms. The summed E-state index contributed by atoms with van der Waals surface area (Å²) in [6, 6.07) is 0.524. The van der Waals surface area contributed by atoms with Gasteiger partial charge in [0.05, 0.1) is 5.69 Å². The molecule has 1 unspecified atom stereocenters. The molecule has 0 bridgehead atoms. The first-order valence-electron chi connectivity index (χ1n) is 6.48. The van der Waals surface area contributed by atoms with E-state index in [0.717, 1.165) is 32.4 Å². The summed E-state index contributed by atoms with van der Waals surface area (Å²) in [4.78, 5) is 0. The van der Waals surface area contributed by atoms with Gasteiger partial charge in [0.1, 0.15) is 0 Å². The largest absolute Gasteiger partial charge is 0.330 e. The van der Waals surface area contributed by atoms with E-state index in [-0.39, 0.29) is 0 Å². The Labute approximate surface area is 105 Å². The molecular formula is C13H26N4. The summed E-state index contributed by atoms with van der Waals surface area (Å²) in [5.74, 6) is 0. The number of hydrogen-bond acceptors (Lipinski definition) is 3. The van der Waals surface area contributed by atoms with E-state index in [1.165, 1.54) is 17.0 Å². The molecule has 1 heterocycles. The van der Waals surface area contributed by atoms with Crippen LogP contribution >= 0.6 is 0 Å². The molecule has 17 heavy (non-hydrogen) atoms. The Morgan fingerprint density at radius 2 is 2.12 bits per heavy atom. The average Bonchev–Trinajstić information content (AvgIpc) is 2.50. The maximum atomic E-state index is 5.52. The lowest BCUT2D eigenvalue weighted by atomic mass is 10.1. The van der Waals surface area contributed by atoms with Gasteiger partial charge in [-0.05, 0) is 58.7 Å². The molecule has 3 N–H and O–H groups in total. The molecule has 0 amide bonds. The van der Waals surface area contributed by atoms with Crippen LogP contribution in [-0.2, 0) is 13.5 Å². The summed E-state index contributed by atoms with van der Waals surface area (Å²) in [5, 5.41) is 7.93. The molecule has 0 radical (unpaired) electrons. The van der Waals surface area contributed by atoms with Crippen LogP contribution in [0.2, 0.25) is 0 Å². The summed E-state index contributed by atoms with van der Waals surface area (Å²) >= 11 is 0. The second kappa shape index (κ2) is 6.77. The van der Waals surface area contributed by atoms with Crippen molar-refractivity contribution < 1.29 is 0 Å². The van der Waals surface area contributed by atoms with Crippen LogP contribution in [0.25, 0.3) is 0 Å². The molecule has 0 spiro atoms. The Morgan fingerprint density at radius 1 is 1.41 bits per heavy atom.